The second-order valence-electron chi connectivity index (χ2n) is 6.01. The SMILES string of the molecule is CC1CC(C(=O)O)Cc2ccc(OCc3ccccc3)cc21. The summed E-state index contributed by atoms with van der Waals surface area (Å²) in [6.07, 6.45) is 1.32. The Balaban J connectivity index is 1.74. The molecule has 0 aromatic heterocycles. The van der Waals surface area contributed by atoms with Crippen molar-refractivity contribution >= 4 is 5.97 Å². The maximum atomic E-state index is 11.2. The van der Waals surface area contributed by atoms with Crippen molar-refractivity contribution in [3.05, 3.63) is 65.2 Å². The van der Waals surface area contributed by atoms with E-state index in [0.717, 1.165) is 16.9 Å². The van der Waals surface area contributed by atoms with Crippen molar-refractivity contribution < 1.29 is 14.6 Å². The Labute approximate surface area is 130 Å². The van der Waals surface area contributed by atoms with Gasteiger partial charge in [-0.3, -0.25) is 4.79 Å². The number of ether oxygens (including phenoxy) is 1. The fourth-order valence-electron chi connectivity index (χ4n) is 3.14. The molecule has 1 aliphatic carbocycles. The van der Waals surface area contributed by atoms with Crippen LogP contribution in [-0.2, 0) is 17.8 Å². The lowest BCUT2D eigenvalue weighted by atomic mass is 9.77. The third-order valence-electron chi connectivity index (χ3n) is 4.35. The lowest BCUT2D eigenvalue weighted by Crippen LogP contribution is -2.24. The summed E-state index contributed by atoms with van der Waals surface area (Å²) in [4.78, 5) is 11.2. The van der Waals surface area contributed by atoms with E-state index in [2.05, 4.69) is 13.0 Å². The number of hydrogen-bond acceptors (Lipinski definition) is 2. The van der Waals surface area contributed by atoms with Crippen LogP contribution in [0.1, 0.15) is 36.0 Å². The van der Waals surface area contributed by atoms with Gasteiger partial charge in [0, 0.05) is 0 Å². The summed E-state index contributed by atoms with van der Waals surface area (Å²) in [7, 11) is 0. The number of benzene rings is 2. The van der Waals surface area contributed by atoms with E-state index in [1.54, 1.807) is 0 Å². The first-order chi connectivity index (χ1) is 10.6. The van der Waals surface area contributed by atoms with Gasteiger partial charge in [-0.15, -0.1) is 0 Å². The average molecular weight is 296 g/mol. The molecule has 2 unspecified atom stereocenters. The molecular formula is C19H20O3. The van der Waals surface area contributed by atoms with Crippen molar-refractivity contribution in [2.45, 2.75) is 32.3 Å². The molecule has 1 aliphatic rings. The zero-order valence-corrected chi connectivity index (χ0v) is 12.7. The summed E-state index contributed by atoms with van der Waals surface area (Å²) < 4.78 is 5.86. The molecule has 0 amide bonds. The smallest absolute Gasteiger partial charge is 0.306 e. The van der Waals surface area contributed by atoms with Gasteiger partial charge in [-0.1, -0.05) is 43.3 Å². The van der Waals surface area contributed by atoms with Gasteiger partial charge in [0.15, 0.2) is 0 Å². The topological polar surface area (TPSA) is 46.5 Å². The fourth-order valence-corrected chi connectivity index (χ4v) is 3.14. The maximum Gasteiger partial charge on any atom is 0.306 e. The van der Waals surface area contributed by atoms with E-state index in [9.17, 15) is 9.90 Å². The molecular weight excluding hydrogens is 276 g/mol. The van der Waals surface area contributed by atoms with Gasteiger partial charge in [-0.2, -0.15) is 0 Å². The van der Waals surface area contributed by atoms with Crippen LogP contribution < -0.4 is 4.74 Å². The van der Waals surface area contributed by atoms with Gasteiger partial charge in [-0.25, -0.2) is 0 Å². The highest BCUT2D eigenvalue weighted by Gasteiger charge is 2.28. The van der Waals surface area contributed by atoms with Crippen molar-refractivity contribution in [1.29, 1.82) is 0 Å². The molecule has 22 heavy (non-hydrogen) atoms. The largest absolute Gasteiger partial charge is 0.489 e. The van der Waals surface area contributed by atoms with Crippen LogP contribution in [0.5, 0.6) is 5.75 Å². The van der Waals surface area contributed by atoms with Crippen molar-refractivity contribution in [2.75, 3.05) is 0 Å². The molecule has 0 spiro atoms. The minimum atomic E-state index is -0.693. The Morgan fingerprint density at radius 2 is 2.00 bits per heavy atom. The summed E-state index contributed by atoms with van der Waals surface area (Å²) >= 11 is 0. The second kappa shape index (κ2) is 6.22. The third kappa shape index (κ3) is 3.14. The highest BCUT2D eigenvalue weighted by Crippen LogP contribution is 2.36. The molecule has 0 bridgehead atoms. The van der Waals surface area contributed by atoms with Crippen LogP contribution in [0.3, 0.4) is 0 Å². The van der Waals surface area contributed by atoms with Crippen LogP contribution in [0.15, 0.2) is 48.5 Å². The minimum absolute atomic E-state index is 0.255. The molecule has 0 radical (unpaired) electrons. The summed E-state index contributed by atoms with van der Waals surface area (Å²) in [5.41, 5.74) is 3.50. The van der Waals surface area contributed by atoms with Gasteiger partial charge in [0.2, 0.25) is 0 Å². The molecule has 3 rings (SSSR count). The molecule has 0 heterocycles. The van der Waals surface area contributed by atoms with Crippen molar-refractivity contribution in [3.63, 3.8) is 0 Å². The number of carbonyl (C=O) groups is 1. The predicted octanol–water partition coefficient (Wildman–Crippen LogP) is 4.02. The summed E-state index contributed by atoms with van der Waals surface area (Å²) in [6.45, 7) is 2.64. The van der Waals surface area contributed by atoms with Gasteiger partial charge >= 0.3 is 5.97 Å². The predicted molar refractivity (Wildman–Crippen MR) is 85.1 cm³/mol. The van der Waals surface area contributed by atoms with Gasteiger partial charge in [0.05, 0.1) is 5.92 Å². The number of fused-ring (bicyclic) bond motifs is 1. The Morgan fingerprint density at radius 1 is 1.23 bits per heavy atom. The van der Waals surface area contributed by atoms with Gasteiger partial charge in [0.1, 0.15) is 12.4 Å². The van der Waals surface area contributed by atoms with Crippen LogP contribution in [0.2, 0.25) is 0 Å². The average Bonchev–Trinajstić information content (AvgIpc) is 2.54. The molecule has 2 aromatic rings. The highest BCUT2D eigenvalue weighted by atomic mass is 16.5. The Bertz CT molecular complexity index is 664. The molecule has 114 valence electrons. The van der Waals surface area contributed by atoms with Gasteiger partial charge in [-0.05, 0) is 47.6 Å². The normalized spacial score (nSPS) is 20.2. The molecule has 0 saturated carbocycles. The molecule has 3 nitrogen and oxygen atoms in total. The van der Waals surface area contributed by atoms with Gasteiger partial charge in [0.25, 0.3) is 0 Å². The first-order valence-corrected chi connectivity index (χ1v) is 7.66. The zero-order chi connectivity index (χ0) is 15.5. The first-order valence-electron chi connectivity index (χ1n) is 7.66. The molecule has 0 saturated heterocycles. The van der Waals surface area contributed by atoms with Crippen LogP contribution in [0.4, 0.5) is 0 Å². The molecule has 2 atom stereocenters. The van der Waals surface area contributed by atoms with E-state index in [4.69, 9.17) is 4.74 Å². The van der Waals surface area contributed by atoms with E-state index in [-0.39, 0.29) is 11.8 Å². The first kappa shape index (κ1) is 14.6. The van der Waals surface area contributed by atoms with Crippen LogP contribution >= 0.6 is 0 Å². The highest BCUT2D eigenvalue weighted by molar-refractivity contribution is 5.71. The van der Waals surface area contributed by atoms with E-state index in [1.807, 2.05) is 42.5 Å². The summed E-state index contributed by atoms with van der Waals surface area (Å²) in [5, 5.41) is 9.22. The fraction of sp³-hybridized carbons (Fsp3) is 0.316. The standard InChI is InChI=1S/C19H20O3/c1-13-9-16(19(20)21)10-15-7-8-17(11-18(13)15)22-12-14-5-3-2-4-6-14/h2-8,11,13,16H,9-10,12H2,1H3,(H,20,21). The third-order valence-corrected chi connectivity index (χ3v) is 4.35. The Morgan fingerprint density at radius 3 is 2.73 bits per heavy atom. The zero-order valence-electron chi connectivity index (χ0n) is 12.7. The molecule has 1 N–H and O–H groups in total. The monoisotopic (exact) mass is 296 g/mol. The van der Waals surface area contributed by atoms with Crippen molar-refractivity contribution in [3.8, 4) is 5.75 Å². The number of carboxylic acid groups (broad SMARTS) is 1. The Kier molecular flexibility index (Phi) is 4.14. The lowest BCUT2D eigenvalue weighted by molar-refractivity contribution is -0.142. The molecule has 0 aliphatic heterocycles. The van der Waals surface area contributed by atoms with Crippen LogP contribution in [-0.4, -0.2) is 11.1 Å². The van der Waals surface area contributed by atoms with E-state index >= 15 is 0 Å². The molecule has 2 aromatic carbocycles. The van der Waals surface area contributed by atoms with E-state index in [1.165, 1.54) is 5.56 Å². The number of hydrogen-bond donors (Lipinski definition) is 1. The van der Waals surface area contributed by atoms with E-state index < -0.39 is 5.97 Å². The van der Waals surface area contributed by atoms with Crippen molar-refractivity contribution in [2.24, 2.45) is 5.92 Å². The van der Waals surface area contributed by atoms with Crippen LogP contribution in [0, 0.1) is 5.92 Å². The quantitative estimate of drug-likeness (QED) is 0.927. The Hall–Kier alpha value is -2.29. The second-order valence-corrected chi connectivity index (χ2v) is 6.01. The maximum absolute atomic E-state index is 11.2. The summed E-state index contributed by atoms with van der Waals surface area (Å²) in [5.74, 6) is 0.147. The lowest BCUT2D eigenvalue weighted by Gasteiger charge is -2.27. The van der Waals surface area contributed by atoms with E-state index in [0.29, 0.717) is 19.4 Å². The molecule has 3 heteroatoms. The minimum Gasteiger partial charge on any atom is -0.489 e. The molecule has 0 fully saturated rings. The summed E-state index contributed by atoms with van der Waals surface area (Å²) in [6, 6.07) is 16.1. The number of carboxylic acids is 1. The van der Waals surface area contributed by atoms with Crippen molar-refractivity contribution in [1.82, 2.24) is 0 Å². The number of rotatable bonds is 4. The van der Waals surface area contributed by atoms with Crippen LogP contribution in [0.25, 0.3) is 0 Å². The van der Waals surface area contributed by atoms with Gasteiger partial charge < -0.3 is 9.84 Å². The number of aliphatic carboxylic acids is 1.